The van der Waals surface area contributed by atoms with E-state index in [0.29, 0.717) is 16.5 Å². The van der Waals surface area contributed by atoms with Crippen LogP contribution >= 0.6 is 23.2 Å². The monoisotopic (exact) mass is 282 g/mol. The van der Waals surface area contributed by atoms with Crippen molar-refractivity contribution in [3.05, 3.63) is 41.2 Å². The molecule has 0 amide bonds. The number of amidine groups is 1. The largest absolute Gasteiger partial charge is 0.386 e. The molecule has 6 heteroatoms. The third kappa shape index (κ3) is 2.83. The molecule has 0 aliphatic carbocycles. The fourth-order valence-electron chi connectivity index (χ4n) is 1.50. The minimum absolute atomic E-state index is 0.192. The summed E-state index contributed by atoms with van der Waals surface area (Å²) < 4.78 is 1.72. The first-order valence-electron chi connectivity index (χ1n) is 5.31. The first-order valence-corrected chi connectivity index (χ1v) is 6.22. The number of hydrogen-bond donors (Lipinski definition) is 1. The van der Waals surface area contributed by atoms with Gasteiger partial charge in [-0.3, -0.25) is 0 Å². The summed E-state index contributed by atoms with van der Waals surface area (Å²) in [4.78, 5) is 4.13. The Kier molecular flexibility index (Phi) is 3.89. The van der Waals surface area contributed by atoms with Crippen molar-refractivity contribution in [2.45, 2.75) is 6.92 Å². The highest BCUT2D eigenvalue weighted by atomic mass is 35.5. The van der Waals surface area contributed by atoms with Crippen molar-refractivity contribution in [1.29, 1.82) is 0 Å². The number of benzene rings is 1. The molecular formula is C12H12Cl2N4. The summed E-state index contributed by atoms with van der Waals surface area (Å²) in [6.45, 7) is 1.92. The summed E-state index contributed by atoms with van der Waals surface area (Å²) >= 11 is 11.8. The molecule has 0 saturated heterocycles. The maximum Gasteiger partial charge on any atom is 0.115 e. The van der Waals surface area contributed by atoms with E-state index in [1.165, 1.54) is 0 Å². The Hall–Kier alpha value is -1.52. The smallest absolute Gasteiger partial charge is 0.115 e. The number of nitrogens with two attached hydrogens (primary N) is 1. The first-order chi connectivity index (χ1) is 8.60. The standard InChI is InChI=1S/C12H12Cl2N4/c1-8-4-5-18(17-8)11-3-2-9(6-10(11)14)16-12(15)7-13/h2-6H,7H2,1H3,(H2,15,16). The van der Waals surface area contributed by atoms with E-state index < -0.39 is 0 Å². The van der Waals surface area contributed by atoms with Gasteiger partial charge < -0.3 is 5.73 Å². The average Bonchev–Trinajstić information content (AvgIpc) is 2.75. The van der Waals surface area contributed by atoms with Crippen LogP contribution in [0, 0.1) is 6.92 Å². The van der Waals surface area contributed by atoms with Gasteiger partial charge in [0, 0.05) is 6.20 Å². The second-order valence-electron chi connectivity index (χ2n) is 3.77. The quantitative estimate of drug-likeness (QED) is 0.534. The van der Waals surface area contributed by atoms with E-state index in [1.54, 1.807) is 10.7 Å². The molecule has 0 bridgehead atoms. The molecule has 94 valence electrons. The zero-order valence-corrected chi connectivity index (χ0v) is 11.3. The number of nitrogens with zero attached hydrogens (tertiary/aromatic N) is 3. The Morgan fingerprint density at radius 3 is 2.78 bits per heavy atom. The normalized spacial score (nSPS) is 11.8. The van der Waals surface area contributed by atoms with Crippen LogP contribution in [-0.4, -0.2) is 21.5 Å². The van der Waals surface area contributed by atoms with Gasteiger partial charge in [-0.1, -0.05) is 11.6 Å². The van der Waals surface area contributed by atoms with Crippen LogP contribution in [0.2, 0.25) is 5.02 Å². The van der Waals surface area contributed by atoms with E-state index in [4.69, 9.17) is 28.9 Å². The highest BCUT2D eigenvalue weighted by molar-refractivity contribution is 6.32. The van der Waals surface area contributed by atoms with Crippen LogP contribution in [-0.2, 0) is 0 Å². The van der Waals surface area contributed by atoms with Crippen LogP contribution in [0.4, 0.5) is 5.69 Å². The van der Waals surface area contributed by atoms with Gasteiger partial charge in [0.15, 0.2) is 0 Å². The molecule has 1 aromatic heterocycles. The number of rotatable bonds is 3. The van der Waals surface area contributed by atoms with E-state index in [9.17, 15) is 0 Å². The topological polar surface area (TPSA) is 56.2 Å². The summed E-state index contributed by atoms with van der Waals surface area (Å²) in [5.41, 5.74) is 7.97. The number of aromatic nitrogens is 2. The van der Waals surface area contributed by atoms with Crippen LogP contribution in [0.1, 0.15) is 5.69 Å². The summed E-state index contributed by atoms with van der Waals surface area (Å²) in [5.74, 6) is 0.549. The number of hydrogen-bond acceptors (Lipinski definition) is 2. The second kappa shape index (κ2) is 5.42. The molecule has 0 aliphatic rings. The van der Waals surface area contributed by atoms with Crippen molar-refractivity contribution in [3.8, 4) is 5.69 Å². The Balaban J connectivity index is 2.36. The Morgan fingerprint density at radius 1 is 1.44 bits per heavy atom. The molecule has 0 fully saturated rings. The second-order valence-corrected chi connectivity index (χ2v) is 4.45. The molecule has 2 N–H and O–H groups in total. The third-order valence-electron chi connectivity index (χ3n) is 2.31. The highest BCUT2D eigenvalue weighted by Crippen LogP contribution is 2.25. The number of aliphatic imine (C=N–C) groups is 1. The zero-order valence-electron chi connectivity index (χ0n) is 9.77. The molecule has 0 spiro atoms. The third-order valence-corrected chi connectivity index (χ3v) is 2.89. The summed E-state index contributed by atoms with van der Waals surface area (Å²) in [7, 11) is 0. The maximum atomic E-state index is 6.20. The van der Waals surface area contributed by atoms with Crippen LogP contribution < -0.4 is 5.73 Å². The van der Waals surface area contributed by atoms with Crippen LogP contribution in [0.25, 0.3) is 5.69 Å². The van der Waals surface area contributed by atoms with Gasteiger partial charge in [-0.05, 0) is 31.2 Å². The highest BCUT2D eigenvalue weighted by Gasteiger charge is 2.05. The van der Waals surface area contributed by atoms with Gasteiger partial charge in [-0.25, -0.2) is 9.67 Å². The van der Waals surface area contributed by atoms with Crippen molar-refractivity contribution in [3.63, 3.8) is 0 Å². The lowest BCUT2D eigenvalue weighted by Gasteiger charge is -2.05. The molecule has 0 aliphatic heterocycles. The van der Waals surface area contributed by atoms with Crippen LogP contribution in [0.3, 0.4) is 0 Å². The minimum Gasteiger partial charge on any atom is -0.386 e. The molecule has 4 nitrogen and oxygen atoms in total. The first kappa shape index (κ1) is 12.9. The molecule has 1 heterocycles. The van der Waals surface area contributed by atoms with Crippen molar-refractivity contribution in [2.24, 2.45) is 10.7 Å². The van der Waals surface area contributed by atoms with E-state index in [0.717, 1.165) is 11.4 Å². The number of aryl methyl sites for hydroxylation is 1. The molecule has 2 aromatic rings. The van der Waals surface area contributed by atoms with Gasteiger partial charge in [0.05, 0.1) is 28.0 Å². The van der Waals surface area contributed by atoms with E-state index >= 15 is 0 Å². The van der Waals surface area contributed by atoms with Crippen LogP contribution in [0.15, 0.2) is 35.5 Å². The minimum atomic E-state index is 0.192. The van der Waals surface area contributed by atoms with Crippen molar-refractivity contribution < 1.29 is 0 Å². The molecule has 0 radical (unpaired) electrons. The maximum absolute atomic E-state index is 6.20. The van der Waals surface area contributed by atoms with Gasteiger partial charge in [-0.15, -0.1) is 11.6 Å². The molecule has 0 unspecified atom stereocenters. The molecular weight excluding hydrogens is 271 g/mol. The van der Waals surface area contributed by atoms with Crippen molar-refractivity contribution >= 4 is 34.7 Å². The van der Waals surface area contributed by atoms with Gasteiger partial charge in [-0.2, -0.15) is 5.10 Å². The Morgan fingerprint density at radius 2 is 2.22 bits per heavy atom. The van der Waals surface area contributed by atoms with Crippen molar-refractivity contribution in [1.82, 2.24) is 9.78 Å². The SMILES string of the molecule is Cc1ccn(-c2ccc(N=C(N)CCl)cc2Cl)n1. The summed E-state index contributed by atoms with van der Waals surface area (Å²) in [6.07, 6.45) is 1.85. The molecule has 0 saturated carbocycles. The molecule has 18 heavy (non-hydrogen) atoms. The van der Waals surface area contributed by atoms with E-state index in [1.807, 2.05) is 31.3 Å². The van der Waals surface area contributed by atoms with Gasteiger partial charge in [0.25, 0.3) is 0 Å². The predicted molar refractivity (Wildman–Crippen MR) is 75.3 cm³/mol. The molecule has 1 aromatic carbocycles. The number of alkyl halides is 1. The van der Waals surface area contributed by atoms with Crippen molar-refractivity contribution in [2.75, 3.05) is 5.88 Å². The lowest BCUT2D eigenvalue weighted by molar-refractivity contribution is 0.863. The summed E-state index contributed by atoms with van der Waals surface area (Å²) in [5, 5.41) is 4.86. The van der Waals surface area contributed by atoms with Crippen LogP contribution in [0.5, 0.6) is 0 Å². The van der Waals surface area contributed by atoms with E-state index in [2.05, 4.69) is 10.1 Å². The van der Waals surface area contributed by atoms with Gasteiger partial charge in [0.1, 0.15) is 5.84 Å². The Bertz CT molecular complexity index is 590. The summed E-state index contributed by atoms with van der Waals surface area (Å²) in [6, 6.07) is 7.30. The fourth-order valence-corrected chi connectivity index (χ4v) is 1.82. The molecule has 2 rings (SSSR count). The van der Waals surface area contributed by atoms with Gasteiger partial charge >= 0.3 is 0 Å². The lowest BCUT2D eigenvalue weighted by atomic mass is 10.3. The van der Waals surface area contributed by atoms with Gasteiger partial charge in [0.2, 0.25) is 0 Å². The Labute approximate surface area is 115 Å². The average molecular weight is 283 g/mol. The fraction of sp³-hybridized carbons (Fsp3) is 0.167. The molecule has 0 atom stereocenters. The lowest BCUT2D eigenvalue weighted by Crippen LogP contribution is -2.12. The number of halogens is 2. The van der Waals surface area contributed by atoms with E-state index in [-0.39, 0.29) is 5.88 Å². The zero-order chi connectivity index (χ0) is 13.1. The predicted octanol–water partition coefficient (Wildman–Crippen LogP) is 3.06.